The summed E-state index contributed by atoms with van der Waals surface area (Å²) in [4.78, 5) is 37.2. The topological polar surface area (TPSA) is 120 Å². The number of aliphatic hydroxyl groups excluding tert-OH is 1. The number of benzene rings is 1. The van der Waals surface area contributed by atoms with Crippen LogP contribution in [0.2, 0.25) is 0 Å². The molecule has 2 atom stereocenters. The maximum absolute atomic E-state index is 14.7. The van der Waals surface area contributed by atoms with Gasteiger partial charge in [0.2, 0.25) is 0 Å². The summed E-state index contributed by atoms with van der Waals surface area (Å²) in [5.41, 5.74) is -0.570. The molecule has 3 N–H and O–H groups in total. The molecule has 2 fully saturated rings. The molecule has 1 aromatic carbocycles. The number of hydrogen-bond donors (Lipinski definition) is 3. The van der Waals surface area contributed by atoms with Gasteiger partial charge in [-0.15, -0.1) is 0 Å². The average molecular weight is 568 g/mol. The summed E-state index contributed by atoms with van der Waals surface area (Å²) in [6, 6.07) is 1.31. The van der Waals surface area contributed by atoms with Crippen LogP contribution in [0.3, 0.4) is 0 Å². The molecular formula is C26H26F5N5O4. The number of rotatable bonds is 7. The van der Waals surface area contributed by atoms with Crippen LogP contribution in [0.5, 0.6) is 5.75 Å². The first-order valence-corrected chi connectivity index (χ1v) is 12.6. The van der Waals surface area contributed by atoms with E-state index in [1.807, 2.05) is 0 Å². The van der Waals surface area contributed by atoms with Gasteiger partial charge in [-0.3, -0.25) is 9.59 Å². The number of carbonyl (C=O) groups is 2. The van der Waals surface area contributed by atoms with Crippen molar-refractivity contribution >= 4 is 22.8 Å². The highest BCUT2D eigenvalue weighted by atomic mass is 19.4. The Morgan fingerprint density at radius 2 is 2.00 bits per heavy atom. The van der Waals surface area contributed by atoms with Gasteiger partial charge in [0.05, 0.1) is 29.8 Å². The molecule has 1 unspecified atom stereocenters. The number of fused-ring (bicyclic) bond motifs is 1. The Bertz CT molecular complexity index is 1470. The Kier molecular flexibility index (Phi) is 6.92. The zero-order valence-corrected chi connectivity index (χ0v) is 21.5. The Labute approximate surface area is 224 Å². The van der Waals surface area contributed by atoms with Crippen molar-refractivity contribution in [2.75, 3.05) is 19.7 Å². The molecule has 0 bridgehead atoms. The van der Waals surface area contributed by atoms with Gasteiger partial charge in [0.15, 0.2) is 0 Å². The number of aryl methyl sites for hydroxylation is 1. The standard InChI is InChI=1S/C26H26F5N5O4/c1-12-19(23(38)35-18-8-36(10-25(18,27)28)24(39)13(2)37)21-22(34-12)20(32-11-33-21)16-7-15(26(29,30)31)5-6-17(16)40-9-14-3-4-14/h5-7,11,13-14,18,34,37H,3-4,8-10H2,1-2H3,(H,35,38)/t13-,18?/m0/s1. The lowest BCUT2D eigenvalue weighted by atomic mass is 10.0. The van der Waals surface area contributed by atoms with E-state index in [0.29, 0.717) is 12.5 Å². The second-order valence-corrected chi connectivity index (χ2v) is 10.2. The first-order chi connectivity index (χ1) is 18.8. The zero-order valence-electron chi connectivity index (χ0n) is 21.5. The van der Waals surface area contributed by atoms with Gasteiger partial charge in [0, 0.05) is 17.8 Å². The van der Waals surface area contributed by atoms with Crippen LogP contribution in [0.15, 0.2) is 24.5 Å². The second-order valence-electron chi connectivity index (χ2n) is 10.2. The van der Waals surface area contributed by atoms with Crippen LogP contribution in [0.25, 0.3) is 22.3 Å². The number of alkyl halides is 5. The Morgan fingerprint density at radius 3 is 2.65 bits per heavy atom. The number of nitrogens with zero attached hydrogens (tertiary/aromatic N) is 3. The van der Waals surface area contributed by atoms with Crippen molar-refractivity contribution in [1.82, 2.24) is 25.2 Å². The summed E-state index contributed by atoms with van der Waals surface area (Å²) < 4.78 is 75.9. The van der Waals surface area contributed by atoms with E-state index in [1.165, 1.54) is 13.0 Å². The van der Waals surface area contributed by atoms with Crippen molar-refractivity contribution < 1.29 is 41.4 Å². The van der Waals surface area contributed by atoms with Gasteiger partial charge >= 0.3 is 6.18 Å². The Morgan fingerprint density at radius 1 is 1.27 bits per heavy atom. The fourth-order valence-corrected chi connectivity index (χ4v) is 4.71. The molecular weight excluding hydrogens is 541 g/mol. The number of carbonyl (C=O) groups excluding carboxylic acids is 2. The molecule has 1 saturated heterocycles. The van der Waals surface area contributed by atoms with Crippen LogP contribution in [-0.2, 0) is 11.0 Å². The molecule has 2 amide bonds. The largest absolute Gasteiger partial charge is 0.493 e. The number of aromatic amines is 1. The minimum atomic E-state index is -4.64. The van der Waals surface area contributed by atoms with Crippen LogP contribution in [0.4, 0.5) is 22.0 Å². The summed E-state index contributed by atoms with van der Waals surface area (Å²) in [5, 5.41) is 11.7. The number of likely N-dealkylation sites (tertiary alicyclic amines) is 1. The molecule has 1 aliphatic heterocycles. The third kappa shape index (κ3) is 5.31. The molecule has 5 rings (SSSR count). The first kappa shape index (κ1) is 27.7. The summed E-state index contributed by atoms with van der Waals surface area (Å²) in [6.07, 6.45) is -3.12. The zero-order chi connectivity index (χ0) is 29.0. The highest BCUT2D eigenvalue weighted by molar-refractivity contribution is 6.09. The molecule has 40 heavy (non-hydrogen) atoms. The number of halogens is 5. The quantitative estimate of drug-likeness (QED) is 0.375. The monoisotopic (exact) mass is 567 g/mol. The van der Waals surface area contributed by atoms with Gasteiger partial charge < -0.3 is 25.0 Å². The minimum Gasteiger partial charge on any atom is -0.493 e. The van der Waals surface area contributed by atoms with Crippen molar-refractivity contribution in [3.63, 3.8) is 0 Å². The van der Waals surface area contributed by atoms with Crippen molar-refractivity contribution in [3.8, 4) is 17.0 Å². The van der Waals surface area contributed by atoms with E-state index in [9.17, 15) is 36.6 Å². The molecule has 0 radical (unpaired) electrons. The van der Waals surface area contributed by atoms with E-state index in [2.05, 4.69) is 20.3 Å². The van der Waals surface area contributed by atoms with Crippen LogP contribution in [0.1, 0.15) is 41.4 Å². The number of aromatic nitrogens is 3. The van der Waals surface area contributed by atoms with Crippen molar-refractivity contribution in [2.45, 2.75) is 50.9 Å². The highest BCUT2D eigenvalue weighted by Gasteiger charge is 2.51. The van der Waals surface area contributed by atoms with Gasteiger partial charge in [0.25, 0.3) is 17.7 Å². The van der Waals surface area contributed by atoms with Gasteiger partial charge in [-0.25, -0.2) is 18.7 Å². The van der Waals surface area contributed by atoms with E-state index >= 15 is 0 Å². The summed E-state index contributed by atoms with van der Waals surface area (Å²) in [6.45, 7) is 1.49. The highest BCUT2D eigenvalue weighted by Crippen LogP contribution is 2.40. The molecule has 14 heteroatoms. The second kappa shape index (κ2) is 9.98. The van der Waals surface area contributed by atoms with Gasteiger partial charge in [0.1, 0.15) is 35.4 Å². The maximum Gasteiger partial charge on any atom is 0.416 e. The van der Waals surface area contributed by atoms with E-state index in [-0.39, 0.29) is 39.3 Å². The molecule has 1 saturated carbocycles. The molecule has 3 heterocycles. The minimum absolute atomic E-state index is 0.0174. The summed E-state index contributed by atoms with van der Waals surface area (Å²) in [7, 11) is 0. The third-order valence-electron chi connectivity index (χ3n) is 7.02. The smallest absolute Gasteiger partial charge is 0.416 e. The number of hydrogen-bond acceptors (Lipinski definition) is 6. The Balaban J connectivity index is 1.50. The predicted molar refractivity (Wildman–Crippen MR) is 132 cm³/mol. The molecule has 9 nitrogen and oxygen atoms in total. The maximum atomic E-state index is 14.7. The molecule has 214 valence electrons. The molecule has 1 aliphatic carbocycles. The van der Waals surface area contributed by atoms with Gasteiger partial charge in [-0.1, -0.05) is 0 Å². The average Bonchev–Trinajstić information content (AvgIpc) is 3.57. The van der Waals surface area contributed by atoms with Crippen LogP contribution < -0.4 is 10.1 Å². The lowest BCUT2D eigenvalue weighted by Crippen LogP contribution is -2.47. The molecule has 0 spiro atoms. The lowest BCUT2D eigenvalue weighted by Gasteiger charge is -2.18. The van der Waals surface area contributed by atoms with Crippen molar-refractivity contribution in [3.05, 3.63) is 41.3 Å². The van der Waals surface area contributed by atoms with Crippen molar-refractivity contribution in [2.24, 2.45) is 5.92 Å². The van der Waals surface area contributed by atoms with Gasteiger partial charge in [-0.05, 0) is 50.8 Å². The van der Waals surface area contributed by atoms with E-state index in [0.717, 1.165) is 43.1 Å². The molecule has 2 aromatic heterocycles. The molecule has 2 aliphatic rings. The normalized spacial score (nSPS) is 19.6. The van der Waals surface area contributed by atoms with E-state index < -0.39 is 54.7 Å². The van der Waals surface area contributed by atoms with E-state index in [4.69, 9.17) is 4.74 Å². The number of H-pyrrole nitrogens is 1. The number of ether oxygens (including phenoxy) is 1. The number of nitrogens with one attached hydrogen (secondary N) is 2. The fraction of sp³-hybridized carbons (Fsp3) is 0.462. The SMILES string of the molecule is Cc1[nH]c2c(-c3cc(C(F)(F)F)ccc3OCC3CC3)ncnc2c1C(=O)NC1CN(C(=O)[C@H](C)O)CC1(F)F. The van der Waals surface area contributed by atoms with Crippen LogP contribution in [0, 0.1) is 12.8 Å². The summed E-state index contributed by atoms with van der Waals surface area (Å²) >= 11 is 0. The molecule has 3 aromatic rings. The fourth-order valence-electron chi connectivity index (χ4n) is 4.71. The number of amides is 2. The summed E-state index contributed by atoms with van der Waals surface area (Å²) in [5.74, 6) is -4.78. The Hall–Kier alpha value is -3.81. The van der Waals surface area contributed by atoms with Crippen LogP contribution in [-0.4, -0.2) is 74.5 Å². The number of aliphatic hydroxyl groups is 1. The first-order valence-electron chi connectivity index (χ1n) is 12.6. The van der Waals surface area contributed by atoms with Crippen LogP contribution >= 0.6 is 0 Å². The van der Waals surface area contributed by atoms with Crippen molar-refractivity contribution in [1.29, 1.82) is 0 Å². The third-order valence-corrected chi connectivity index (χ3v) is 7.02. The van der Waals surface area contributed by atoms with E-state index in [1.54, 1.807) is 0 Å². The predicted octanol–water partition coefficient (Wildman–Crippen LogP) is 3.70. The van der Waals surface area contributed by atoms with Gasteiger partial charge in [-0.2, -0.15) is 13.2 Å². The lowest BCUT2D eigenvalue weighted by molar-refractivity contribution is -0.139.